The van der Waals surface area contributed by atoms with Gasteiger partial charge in [0, 0.05) is 12.4 Å². The van der Waals surface area contributed by atoms with E-state index in [4.69, 9.17) is 5.73 Å². The van der Waals surface area contributed by atoms with E-state index in [1.54, 1.807) is 12.4 Å². The number of hydrogen-bond donors (Lipinski definition) is 2. The van der Waals surface area contributed by atoms with Gasteiger partial charge in [-0.3, -0.25) is 4.98 Å². The molecule has 0 spiro atoms. The van der Waals surface area contributed by atoms with Crippen LogP contribution in [0.25, 0.3) is 0 Å². The van der Waals surface area contributed by atoms with Crippen molar-refractivity contribution in [1.29, 1.82) is 0 Å². The minimum absolute atomic E-state index is 0.373. The van der Waals surface area contributed by atoms with Crippen LogP contribution in [-0.4, -0.2) is 25.6 Å². The third kappa shape index (κ3) is 1.47. The van der Waals surface area contributed by atoms with Gasteiger partial charge in [-0.05, 0) is 24.1 Å². The van der Waals surface area contributed by atoms with Gasteiger partial charge >= 0.3 is 0 Å². The van der Waals surface area contributed by atoms with Gasteiger partial charge in [0.2, 0.25) is 0 Å². The highest BCUT2D eigenvalue weighted by Crippen LogP contribution is 2.17. The zero-order chi connectivity index (χ0) is 9.97. The molecular formula is C8H10N6. The van der Waals surface area contributed by atoms with Crippen LogP contribution in [0.4, 0.5) is 0 Å². The Balaban J connectivity index is 2.37. The Morgan fingerprint density at radius 1 is 1.50 bits per heavy atom. The van der Waals surface area contributed by atoms with Gasteiger partial charge in [0.05, 0.1) is 6.04 Å². The maximum atomic E-state index is 5.94. The summed E-state index contributed by atoms with van der Waals surface area (Å²) in [4.78, 5) is 4.01. The zero-order valence-corrected chi connectivity index (χ0v) is 7.68. The van der Waals surface area contributed by atoms with Crippen molar-refractivity contribution < 1.29 is 0 Å². The van der Waals surface area contributed by atoms with E-state index in [1.165, 1.54) is 0 Å². The molecule has 2 aromatic heterocycles. The number of aryl methyl sites for hydroxylation is 1. The third-order valence-corrected chi connectivity index (χ3v) is 2.05. The van der Waals surface area contributed by atoms with Crippen LogP contribution in [0.15, 0.2) is 18.5 Å². The van der Waals surface area contributed by atoms with Gasteiger partial charge in [0.25, 0.3) is 0 Å². The van der Waals surface area contributed by atoms with E-state index < -0.39 is 0 Å². The second kappa shape index (κ2) is 3.51. The number of pyridine rings is 1. The number of rotatable bonds is 2. The first-order valence-corrected chi connectivity index (χ1v) is 4.18. The second-order valence-corrected chi connectivity index (χ2v) is 2.98. The predicted molar refractivity (Wildman–Crippen MR) is 49.2 cm³/mol. The smallest absolute Gasteiger partial charge is 0.195 e. The minimum Gasteiger partial charge on any atom is -0.317 e. The summed E-state index contributed by atoms with van der Waals surface area (Å²) in [5, 5.41) is 13.5. The third-order valence-electron chi connectivity index (χ3n) is 2.05. The summed E-state index contributed by atoms with van der Waals surface area (Å²) in [5.41, 5.74) is 7.91. The molecule has 6 heteroatoms. The second-order valence-electron chi connectivity index (χ2n) is 2.98. The van der Waals surface area contributed by atoms with Crippen molar-refractivity contribution in [2.75, 3.05) is 0 Å². The number of nitrogens with zero attached hydrogens (tertiary/aromatic N) is 4. The lowest BCUT2D eigenvalue weighted by Gasteiger charge is -2.09. The highest BCUT2D eigenvalue weighted by Gasteiger charge is 2.15. The van der Waals surface area contributed by atoms with Gasteiger partial charge in [0.1, 0.15) is 0 Å². The Morgan fingerprint density at radius 3 is 3.00 bits per heavy atom. The van der Waals surface area contributed by atoms with Crippen molar-refractivity contribution in [3.63, 3.8) is 0 Å². The van der Waals surface area contributed by atoms with Crippen LogP contribution in [0, 0.1) is 6.92 Å². The summed E-state index contributed by atoms with van der Waals surface area (Å²) >= 11 is 0. The number of hydrogen-bond acceptors (Lipinski definition) is 5. The Bertz CT molecular complexity index is 410. The van der Waals surface area contributed by atoms with Gasteiger partial charge in [-0.2, -0.15) is 5.21 Å². The topological polar surface area (TPSA) is 93.4 Å². The summed E-state index contributed by atoms with van der Waals surface area (Å²) in [6.45, 7) is 1.97. The molecular weight excluding hydrogens is 180 g/mol. The van der Waals surface area contributed by atoms with E-state index in [9.17, 15) is 0 Å². The fourth-order valence-corrected chi connectivity index (χ4v) is 1.24. The lowest BCUT2D eigenvalue weighted by molar-refractivity contribution is 0.774. The Hall–Kier alpha value is -1.82. The summed E-state index contributed by atoms with van der Waals surface area (Å²) in [5.74, 6) is 0.473. The molecule has 0 aromatic carbocycles. The first-order valence-electron chi connectivity index (χ1n) is 4.18. The molecule has 2 heterocycles. The highest BCUT2D eigenvalue weighted by molar-refractivity contribution is 5.28. The van der Waals surface area contributed by atoms with Crippen LogP contribution in [0.1, 0.15) is 23.0 Å². The van der Waals surface area contributed by atoms with Crippen LogP contribution in [-0.2, 0) is 0 Å². The van der Waals surface area contributed by atoms with Crippen LogP contribution < -0.4 is 5.73 Å². The number of aromatic nitrogens is 5. The van der Waals surface area contributed by atoms with Crippen molar-refractivity contribution >= 4 is 0 Å². The standard InChI is InChI=1S/C8H10N6/c1-5-2-3-10-4-6(5)7(9)8-11-13-14-12-8/h2-4,7H,9H2,1H3,(H,11,12,13,14). The lowest BCUT2D eigenvalue weighted by atomic mass is 10.0. The van der Waals surface area contributed by atoms with E-state index in [-0.39, 0.29) is 6.04 Å². The minimum atomic E-state index is -0.373. The van der Waals surface area contributed by atoms with E-state index in [0.717, 1.165) is 11.1 Å². The van der Waals surface area contributed by atoms with Crippen molar-refractivity contribution in [1.82, 2.24) is 25.6 Å². The van der Waals surface area contributed by atoms with Crippen molar-refractivity contribution in [2.24, 2.45) is 5.73 Å². The van der Waals surface area contributed by atoms with E-state index in [1.807, 2.05) is 13.0 Å². The SMILES string of the molecule is Cc1ccncc1C(N)c1nn[nH]n1. The van der Waals surface area contributed by atoms with Crippen molar-refractivity contribution in [3.8, 4) is 0 Å². The molecule has 2 aromatic rings. The monoisotopic (exact) mass is 190 g/mol. The predicted octanol–water partition coefficient (Wildman–Crippen LogP) is -0.0488. The Morgan fingerprint density at radius 2 is 2.36 bits per heavy atom. The Kier molecular flexibility index (Phi) is 2.19. The van der Waals surface area contributed by atoms with Gasteiger partial charge in [0.15, 0.2) is 5.82 Å². The van der Waals surface area contributed by atoms with E-state index in [2.05, 4.69) is 25.6 Å². The highest BCUT2D eigenvalue weighted by atomic mass is 15.5. The largest absolute Gasteiger partial charge is 0.317 e. The molecule has 72 valence electrons. The molecule has 0 fully saturated rings. The molecule has 14 heavy (non-hydrogen) atoms. The molecule has 0 saturated carbocycles. The van der Waals surface area contributed by atoms with Crippen LogP contribution in [0.5, 0.6) is 0 Å². The number of H-pyrrole nitrogens is 1. The maximum absolute atomic E-state index is 5.94. The van der Waals surface area contributed by atoms with Gasteiger partial charge in [-0.25, -0.2) is 0 Å². The first-order chi connectivity index (χ1) is 6.79. The Labute approximate surface area is 80.6 Å². The van der Waals surface area contributed by atoms with Crippen molar-refractivity contribution in [3.05, 3.63) is 35.4 Å². The molecule has 1 unspecified atom stereocenters. The van der Waals surface area contributed by atoms with Gasteiger partial charge in [-0.15, -0.1) is 10.2 Å². The summed E-state index contributed by atoms with van der Waals surface area (Å²) in [7, 11) is 0. The van der Waals surface area contributed by atoms with E-state index >= 15 is 0 Å². The molecule has 0 aliphatic heterocycles. The molecule has 0 aliphatic rings. The van der Waals surface area contributed by atoms with Crippen LogP contribution >= 0.6 is 0 Å². The molecule has 1 atom stereocenters. The summed E-state index contributed by atoms with van der Waals surface area (Å²) in [6.07, 6.45) is 3.44. The quantitative estimate of drug-likeness (QED) is 0.692. The lowest BCUT2D eigenvalue weighted by Crippen LogP contribution is -2.15. The summed E-state index contributed by atoms with van der Waals surface area (Å²) < 4.78 is 0. The molecule has 0 radical (unpaired) electrons. The molecule has 0 aliphatic carbocycles. The van der Waals surface area contributed by atoms with Crippen LogP contribution in [0.3, 0.4) is 0 Å². The normalized spacial score (nSPS) is 12.7. The first kappa shape index (κ1) is 8.76. The number of nitrogens with one attached hydrogen (secondary N) is 1. The zero-order valence-electron chi connectivity index (χ0n) is 7.68. The summed E-state index contributed by atoms with van der Waals surface area (Å²) in [6, 6.07) is 1.53. The fourth-order valence-electron chi connectivity index (χ4n) is 1.24. The molecule has 2 rings (SSSR count). The molecule has 6 nitrogen and oxygen atoms in total. The number of tetrazole rings is 1. The average Bonchev–Trinajstić information content (AvgIpc) is 2.70. The molecule has 3 N–H and O–H groups in total. The molecule has 0 amide bonds. The van der Waals surface area contributed by atoms with Crippen molar-refractivity contribution in [2.45, 2.75) is 13.0 Å². The average molecular weight is 190 g/mol. The number of aromatic amines is 1. The molecule has 0 bridgehead atoms. The van der Waals surface area contributed by atoms with Crippen LogP contribution in [0.2, 0.25) is 0 Å². The maximum Gasteiger partial charge on any atom is 0.195 e. The number of nitrogens with two attached hydrogens (primary N) is 1. The molecule has 0 saturated heterocycles. The van der Waals surface area contributed by atoms with Gasteiger partial charge < -0.3 is 5.73 Å². The van der Waals surface area contributed by atoms with E-state index in [0.29, 0.717) is 5.82 Å². The van der Waals surface area contributed by atoms with Gasteiger partial charge in [-0.1, -0.05) is 5.21 Å². The fraction of sp³-hybridized carbons (Fsp3) is 0.250.